The van der Waals surface area contributed by atoms with Crippen molar-refractivity contribution in [3.63, 3.8) is 0 Å². The summed E-state index contributed by atoms with van der Waals surface area (Å²) >= 11 is 0. The van der Waals surface area contributed by atoms with Crippen LogP contribution in [0.2, 0.25) is 0 Å². The molecule has 0 aromatic heterocycles. The largest absolute Gasteiger partial charge is 0.497 e. The molecule has 3 heteroatoms. The summed E-state index contributed by atoms with van der Waals surface area (Å²) in [6.07, 6.45) is 6.29. The first kappa shape index (κ1) is 14.8. The number of ketones is 2. The summed E-state index contributed by atoms with van der Waals surface area (Å²) in [6.45, 7) is 1.98. The van der Waals surface area contributed by atoms with Gasteiger partial charge in [-0.3, -0.25) is 9.59 Å². The van der Waals surface area contributed by atoms with Crippen LogP contribution in [-0.2, 0) is 9.59 Å². The zero-order valence-corrected chi connectivity index (χ0v) is 13.0. The minimum absolute atomic E-state index is 0.155. The SMILES string of the molecule is COc1ccc(C=C2CCC3=CC(=O)CCC3(C)C2=O)cc1. The molecule has 1 fully saturated rings. The molecule has 0 heterocycles. The average Bonchev–Trinajstić information content (AvgIpc) is 2.53. The van der Waals surface area contributed by atoms with Gasteiger partial charge in [0.2, 0.25) is 0 Å². The molecular formula is C19H20O3. The van der Waals surface area contributed by atoms with E-state index in [1.165, 1.54) is 0 Å². The topological polar surface area (TPSA) is 43.4 Å². The van der Waals surface area contributed by atoms with Gasteiger partial charge in [-0.2, -0.15) is 0 Å². The van der Waals surface area contributed by atoms with E-state index < -0.39 is 5.41 Å². The zero-order valence-electron chi connectivity index (χ0n) is 13.0. The molecule has 0 saturated heterocycles. The van der Waals surface area contributed by atoms with Gasteiger partial charge in [0.25, 0.3) is 0 Å². The monoisotopic (exact) mass is 296 g/mol. The first-order valence-electron chi connectivity index (χ1n) is 7.66. The van der Waals surface area contributed by atoms with Gasteiger partial charge in [-0.1, -0.05) is 17.7 Å². The van der Waals surface area contributed by atoms with E-state index in [1.54, 1.807) is 13.2 Å². The van der Waals surface area contributed by atoms with Crippen molar-refractivity contribution in [2.24, 2.45) is 5.41 Å². The molecule has 3 nitrogen and oxygen atoms in total. The molecule has 1 aromatic carbocycles. The van der Waals surface area contributed by atoms with Crippen molar-refractivity contribution >= 4 is 17.6 Å². The van der Waals surface area contributed by atoms with Crippen molar-refractivity contribution < 1.29 is 14.3 Å². The number of carbonyl (C=O) groups excluding carboxylic acids is 2. The number of carbonyl (C=O) groups is 2. The fourth-order valence-corrected chi connectivity index (χ4v) is 3.34. The third-order valence-corrected chi connectivity index (χ3v) is 4.83. The van der Waals surface area contributed by atoms with E-state index in [0.29, 0.717) is 19.3 Å². The third-order valence-electron chi connectivity index (χ3n) is 4.83. The molecule has 114 valence electrons. The lowest BCUT2D eigenvalue weighted by Gasteiger charge is -2.38. The van der Waals surface area contributed by atoms with Crippen LogP contribution in [-0.4, -0.2) is 18.7 Å². The lowest BCUT2D eigenvalue weighted by atomic mass is 9.63. The molecule has 22 heavy (non-hydrogen) atoms. The Balaban J connectivity index is 1.90. The molecular weight excluding hydrogens is 276 g/mol. The fraction of sp³-hybridized carbons (Fsp3) is 0.368. The fourth-order valence-electron chi connectivity index (χ4n) is 3.34. The maximum absolute atomic E-state index is 12.9. The number of allylic oxidation sites excluding steroid dienone is 3. The minimum atomic E-state index is -0.482. The zero-order chi connectivity index (χ0) is 15.7. The Morgan fingerprint density at radius 3 is 2.50 bits per heavy atom. The smallest absolute Gasteiger partial charge is 0.168 e. The molecule has 1 atom stereocenters. The Hall–Kier alpha value is -2.16. The van der Waals surface area contributed by atoms with Gasteiger partial charge in [-0.15, -0.1) is 0 Å². The number of hydrogen-bond acceptors (Lipinski definition) is 3. The van der Waals surface area contributed by atoms with Gasteiger partial charge in [0, 0.05) is 6.42 Å². The van der Waals surface area contributed by atoms with Gasteiger partial charge in [-0.05, 0) is 61.6 Å². The highest BCUT2D eigenvalue weighted by molar-refractivity contribution is 6.08. The van der Waals surface area contributed by atoms with E-state index in [0.717, 1.165) is 28.9 Å². The number of hydrogen-bond donors (Lipinski definition) is 0. The van der Waals surface area contributed by atoms with Gasteiger partial charge in [0.05, 0.1) is 12.5 Å². The van der Waals surface area contributed by atoms with Crippen LogP contribution in [0.3, 0.4) is 0 Å². The van der Waals surface area contributed by atoms with Crippen molar-refractivity contribution in [1.29, 1.82) is 0 Å². The van der Waals surface area contributed by atoms with E-state index >= 15 is 0 Å². The summed E-state index contributed by atoms with van der Waals surface area (Å²) in [7, 11) is 1.64. The highest BCUT2D eigenvalue weighted by atomic mass is 16.5. The predicted molar refractivity (Wildman–Crippen MR) is 85.6 cm³/mol. The van der Waals surface area contributed by atoms with Crippen molar-refractivity contribution in [1.82, 2.24) is 0 Å². The minimum Gasteiger partial charge on any atom is -0.497 e. The number of fused-ring (bicyclic) bond motifs is 1. The average molecular weight is 296 g/mol. The maximum atomic E-state index is 12.9. The summed E-state index contributed by atoms with van der Waals surface area (Å²) in [5, 5.41) is 0. The van der Waals surface area contributed by atoms with Gasteiger partial charge >= 0.3 is 0 Å². The molecule has 0 radical (unpaired) electrons. The number of ether oxygens (including phenoxy) is 1. The highest BCUT2D eigenvalue weighted by Crippen LogP contribution is 2.46. The molecule has 0 spiro atoms. The van der Waals surface area contributed by atoms with Crippen LogP contribution in [0.4, 0.5) is 0 Å². The molecule has 0 bridgehead atoms. The van der Waals surface area contributed by atoms with E-state index in [-0.39, 0.29) is 11.6 Å². The highest BCUT2D eigenvalue weighted by Gasteiger charge is 2.43. The lowest BCUT2D eigenvalue weighted by molar-refractivity contribution is -0.125. The van der Waals surface area contributed by atoms with Crippen LogP contribution >= 0.6 is 0 Å². The quantitative estimate of drug-likeness (QED) is 0.781. The number of Topliss-reactive ketones (excluding diaryl/α,β-unsaturated/α-hetero) is 1. The van der Waals surface area contributed by atoms with E-state index in [1.807, 2.05) is 37.3 Å². The maximum Gasteiger partial charge on any atom is 0.168 e. The standard InChI is InChI=1S/C19H20O3/c1-19-10-9-16(20)12-15(19)6-5-14(18(19)21)11-13-3-7-17(22-2)8-4-13/h3-4,7-8,11-12H,5-6,9-10H2,1-2H3. The summed E-state index contributed by atoms with van der Waals surface area (Å²) in [5.74, 6) is 1.14. The molecule has 0 N–H and O–H groups in total. The molecule has 2 aliphatic rings. The Morgan fingerprint density at radius 1 is 1.09 bits per heavy atom. The van der Waals surface area contributed by atoms with Crippen LogP contribution in [0.1, 0.15) is 38.2 Å². The number of methoxy groups -OCH3 is 1. The van der Waals surface area contributed by atoms with Crippen LogP contribution < -0.4 is 4.74 Å². The van der Waals surface area contributed by atoms with Crippen LogP contribution in [0.25, 0.3) is 6.08 Å². The molecule has 2 aliphatic carbocycles. The first-order chi connectivity index (χ1) is 10.5. The second-order valence-corrected chi connectivity index (χ2v) is 6.24. The Labute approximate surface area is 130 Å². The van der Waals surface area contributed by atoms with E-state index in [4.69, 9.17) is 4.74 Å². The van der Waals surface area contributed by atoms with Crippen LogP contribution in [0, 0.1) is 5.41 Å². The van der Waals surface area contributed by atoms with E-state index in [2.05, 4.69) is 0 Å². The summed E-state index contributed by atoms with van der Waals surface area (Å²) < 4.78 is 5.15. The van der Waals surface area contributed by atoms with Gasteiger partial charge in [0.15, 0.2) is 11.6 Å². The first-order valence-corrected chi connectivity index (χ1v) is 7.66. The van der Waals surface area contributed by atoms with Gasteiger partial charge < -0.3 is 4.74 Å². The Bertz CT molecular complexity index is 679. The number of rotatable bonds is 2. The summed E-state index contributed by atoms with van der Waals surface area (Å²) in [4.78, 5) is 24.5. The van der Waals surface area contributed by atoms with Crippen molar-refractivity contribution in [2.45, 2.75) is 32.6 Å². The second-order valence-electron chi connectivity index (χ2n) is 6.24. The van der Waals surface area contributed by atoms with Crippen molar-refractivity contribution in [3.8, 4) is 5.75 Å². The summed E-state index contributed by atoms with van der Waals surface area (Å²) in [5.41, 5.74) is 2.40. The molecule has 3 rings (SSSR count). The molecule has 0 amide bonds. The van der Waals surface area contributed by atoms with Crippen molar-refractivity contribution in [3.05, 3.63) is 47.1 Å². The van der Waals surface area contributed by atoms with Crippen molar-refractivity contribution in [2.75, 3.05) is 7.11 Å². The van der Waals surface area contributed by atoms with Gasteiger partial charge in [0.1, 0.15) is 5.75 Å². The van der Waals surface area contributed by atoms with Crippen LogP contribution in [0.15, 0.2) is 41.5 Å². The van der Waals surface area contributed by atoms with Gasteiger partial charge in [-0.25, -0.2) is 0 Å². The third kappa shape index (κ3) is 2.52. The summed E-state index contributed by atoms with van der Waals surface area (Å²) in [6, 6.07) is 7.70. The Kier molecular flexibility index (Phi) is 3.73. The normalized spacial score (nSPS) is 26.6. The molecule has 1 saturated carbocycles. The number of benzene rings is 1. The molecule has 0 aliphatic heterocycles. The second kappa shape index (κ2) is 5.56. The molecule has 1 aromatic rings. The lowest BCUT2D eigenvalue weighted by Crippen LogP contribution is -2.38. The Morgan fingerprint density at radius 2 is 1.82 bits per heavy atom. The predicted octanol–water partition coefficient (Wildman–Crippen LogP) is 3.74. The molecule has 1 unspecified atom stereocenters. The van der Waals surface area contributed by atoms with Crippen LogP contribution in [0.5, 0.6) is 5.75 Å². The van der Waals surface area contributed by atoms with E-state index in [9.17, 15) is 9.59 Å².